The van der Waals surface area contributed by atoms with E-state index in [2.05, 4.69) is 10.6 Å². The number of rotatable bonds is 9. The highest BCUT2D eigenvalue weighted by atomic mass is 35.5. The molecule has 0 aliphatic rings. The van der Waals surface area contributed by atoms with Crippen molar-refractivity contribution < 1.29 is 18.7 Å². The van der Waals surface area contributed by atoms with Crippen LogP contribution in [0.5, 0.6) is 11.5 Å². The molecule has 0 fully saturated rings. The molecule has 5 nitrogen and oxygen atoms in total. The first-order valence-electron chi connectivity index (χ1n) is 9.27. The summed E-state index contributed by atoms with van der Waals surface area (Å²) in [5.74, 6) is 0.641. The quantitative estimate of drug-likeness (QED) is 0.616. The first-order valence-corrected chi connectivity index (χ1v) is 9.65. The lowest BCUT2D eigenvalue weighted by atomic mass is 10.1. The van der Waals surface area contributed by atoms with Crippen molar-refractivity contribution in [1.29, 1.82) is 0 Å². The van der Waals surface area contributed by atoms with Crippen molar-refractivity contribution in [3.8, 4) is 11.5 Å². The van der Waals surface area contributed by atoms with E-state index in [1.807, 2.05) is 39.0 Å². The Labute approximate surface area is 170 Å². The molecule has 0 aliphatic heterocycles. The monoisotopic (exact) mass is 408 g/mol. The molecule has 0 unspecified atom stereocenters. The van der Waals surface area contributed by atoms with E-state index in [1.54, 1.807) is 6.92 Å². The van der Waals surface area contributed by atoms with Crippen LogP contribution in [0.3, 0.4) is 0 Å². The van der Waals surface area contributed by atoms with Crippen LogP contribution in [-0.2, 0) is 4.79 Å². The third-order valence-electron chi connectivity index (χ3n) is 4.15. The third kappa shape index (κ3) is 5.84. The summed E-state index contributed by atoms with van der Waals surface area (Å²) in [4.78, 5) is 12.5. The molecule has 2 N–H and O–H groups in total. The minimum Gasteiger partial charge on any atom is -0.490 e. The van der Waals surface area contributed by atoms with Gasteiger partial charge in [0.2, 0.25) is 5.91 Å². The maximum Gasteiger partial charge on any atom is 0.241 e. The van der Waals surface area contributed by atoms with Gasteiger partial charge in [0.1, 0.15) is 5.82 Å². The zero-order valence-corrected chi connectivity index (χ0v) is 17.3. The van der Waals surface area contributed by atoms with Gasteiger partial charge in [0.15, 0.2) is 11.5 Å². The Morgan fingerprint density at radius 2 is 1.75 bits per heavy atom. The van der Waals surface area contributed by atoms with Gasteiger partial charge in [-0.1, -0.05) is 17.7 Å². The molecule has 2 atom stereocenters. The Hall–Kier alpha value is -2.31. The molecule has 0 heterocycles. The lowest BCUT2D eigenvalue weighted by molar-refractivity contribution is -0.117. The van der Waals surface area contributed by atoms with Crippen molar-refractivity contribution in [2.75, 3.05) is 18.5 Å². The summed E-state index contributed by atoms with van der Waals surface area (Å²) in [6.07, 6.45) is 0. The second kappa shape index (κ2) is 10.3. The Balaban J connectivity index is 2.05. The fourth-order valence-electron chi connectivity index (χ4n) is 2.72. The van der Waals surface area contributed by atoms with Gasteiger partial charge in [0.25, 0.3) is 0 Å². The molecule has 1 amide bonds. The Kier molecular flexibility index (Phi) is 8.08. The summed E-state index contributed by atoms with van der Waals surface area (Å²) in [5.41, 5.74) is 1.33. The molecule has 28 heavy (non-hydrogen) atoms. The molecule has 0 saturated heterocycles. The summed E-state index contributed by atoms with van der Waals surface area (Å²) >= 11 is 5.97. The van der Waals surface area contributed by atoms with Crippen LogP contribution >= 0.6 is 11.6 Å². The van der Waals surface area contributed by atoms with E-state index < -0.39 is 11.9 Å². The van der Waals surface area contributed by atoms with Crippen molar-refractivity contribution in [1.82, 2.24) is 5.32 Å². The van der Waals surface area contributed by atoms with E-state index in [0.29, 0.717) is 30.4 Å². The Morgan fingerprint density at radius 3 is 2.39 bits per heavy atom. The van der Waals surface area contributed by atoms with Gasteiger partial charge in [0.05, 0.1) is 30.0 Å². The van der Waals surface area contributed by atoms with Gasteiger partial charge in [-0.2, -0.15) is 0 Å². The first-order chi connectivity index (χ1) is 13.3. The third-order valence-corrected chi connectivity index (χ3v) is 4.46. The summed E-state index contributed by atoms with van der Waals surface area (Å²) in [6, 6.07) is 8.94. The van der Waals surface area contributed by atoms with Crippen LogP contribution in [0.1, 0.15) is 39.3 Å². The van der Waals surface area contributed by atoms with Crippen molar-refractivity contribution in [2.45, 2.75) is 39.8 Å². The smallest absolute Gasteiger partial charge is 0.241 e. The van der Waals surface area contributed by atoms with Crippen molar-refractivity contribution >= 4 is 23.2 Å². The number of carbonyl (C=O) groups is 1. The van der Waals surface area contributed by atoms with E-state index in [-0.39, 0.29) is 17.0 Å². The fraction of sp³-hybridized carbons (Fsp3) is 0.381. The summed E-state index contributed by atoms with van der Waals surface area (Å²) in [5, 5.41) is 6.10. The zero-order valence-electron chi connectivity index (χ0n) is 16.5. The average Bonchev–Trinajstić information content (AvgIpc) is 2.65. The van der Waals surface area contributed by atoms with E-state index >= 15 is 0 Å². The van der Waals surface area contributed by atoms with Gasteiger partial charge in [0, 0.05) is 6.04 Å². The summed E-state index contributed by atoms with van der Waals surface area (Å²) in [7, 11) is 0. The van der Waals surface area contributed by atoms with Gasteiger partial charge < -0.3 is 14.8 Å². The number of hydrogen-bond donors (Lipinski definition) is 2. The van der Waals surface area contributed by atoms with Crippen LogP contribution in [0.25, 0.3) is 0 Å². The molecule has 2 aromatic carbocycles. The molecule has 0 aliphatic carbocycles. The number of anilines is 1. The highest BCUT2D eigenvalue weighted by molar-refractivity contribution is 6.33. The van der Waals surface area contributed by atoms with Crippen LogP contribution in [0.2, 0.25) is 5.02 Å². The standard InChI is InChI=1S/C21H26ClFN2O3/c1-5-27-19-10-7-15(11-20(19)28-6-2)13(3)24-14(4)21(26)25-18-9-8-16(23)12-17(18)22/h7-14,24H,5-6H2,1-4H3,(H,25,26)/t13-,14+/m0/s1. The predicted octanol–water partition coefficient (Wildman–Crippen LogP) is 4.95. The Morgan fingerprint density at radius 1 is 1.07 bits per heavy atom. The van der Waals surface area contributed by atoms with Crippen LogP contribution in [-0.4, -0.2) is 25.2 Å². The molecule has 0 aromatic heterocycles. The zero-order chi connectivity index (χ0) is 20.7. The molecular weight excluding hydrogens is 383 g/mol. The number of nitrogens with one attached hydrogen (secondary N) is 2. The van der Waals surface area contributed by atoms with Crippen molar-refractivity contribution in [2.24, 2.45) is 0 Å². The molecule has 0 spiro atoms. The van der Waals surface area contributed by atoms with Crippen LogP contribution in [0.4, 0.5) is 10.1 Å². The fourth-order valence-corrected chi connectivity index (χ4v) is 2.93. The van der Waals surface area contributed by atoms with Crippen molar-refractivity contribution in [3.63, 3.8) is 0 Å². The van der Waals surface area contributed by atoms with Gasteiger partial charge in [-0.25, -0.2) is 4.39 Å². The van der Waals surface area contributed by atoms with Crippen LogP contribution < -0.4 is 20.1 Å². The topological polar surface area (TPSA) is 59.6 Å². The summed E-state index contributed by atoms with van der Waals surface area (Å²) in [6.45, 7) is 8.62. The highest BCUT2D eigenvalue weighted by Crippen LogP contribution is 2.31. The molecular formula is C21H26ClFN2O3. The van der Waals surface area contributed by atoms with Gasteiger partial charge in [-0.3, -0.25) is 10.1 Å². The highest BCUT2D eigenvalue weighted by Gasteiger charge is 2.18. The number of carbonyl (C=O) groups excluding carboxylic acids is 1. The molecule has 2 aromatic rings. The maximum atomic E-state index is 13.1. The second-order valence-corrected chi connectivity index (χ2v) is 6.70. The number of benzene rings is 2. The number of halogens is 2. The van der Waals surface area contributed by atoms with Gasteiger partial charge in [-0.15, -0.1) is 0 Å². The number of hydrogen-bond acceptors (Lipinski definition) is 4. The average molecular weight is 409 g/mol. The van der Waals surface area contributed by atoms with Crippen LogP contribution in [0, 0.1) is 5.82 Å². The largest absolute Gasteiger partial charge is 0.490 e. The molecule has 0 radical (unpaired) electrons. The van der Waals surface area contributed by atoms with Crippen LogP contribution in [0.15, 0.2) is 36.4 Å². The van der Waals surface area contributed by atoms with Gasteiger partial charge >= 0.3 is 0 Å². The first kappa shape index (κ1) is 22.0. The van der Waals surface area contributed by atoms with E-state index in [4.69, 9.17) is 21.1 Å². The lowest BCUT2D eigenvalue weighted by Gasteiger charge is -2.21. The molecule has 2 rings (SSSR count). The predicted molar refractivity (Wildman–Crippen MR) is 110 cm³/mol. The van der Waals surface area contributed by atoms with E-state index in [0.717, 1.165) is 11.6 Å². The lowest BCUT2D eigenvalue weighted by Crippen LogP contribution is -2.39. The second-order valence-electron chi connectivity index (χ2n) is 6.30. The Bertz CT molecular complexity index is 816. The molecule has 7 heteroatoms. The van der Waals surface area contributed by atoms with E-state index in [9.17, 15) is 9.18 Å². The molecule has 0 bridgehead atoms. The molecule has 152 valence electrons. The minimum atomic E-state index is -0.502. The normalized spacial score (nSPS) is 12.9. The van der Waals surface area contributed by atoms with E-state index in [1.165, 1.54) is 12.1 Å². The minimum absolute atomic E-state index is 0.112. The number of amides is 1. The molecule has 0 saturated carbocycles. The number of ether oxygens (including phenoxy) is 2. The van der Waals surface area contributed by atoms with Gasteiger partial charge in [-0.05, 0) is 63.6 Å². The maximum absolute atomic E-state index is 13.1. The summed E-state index contributed by atoms with van der Waals surface area (Å²) < 4.78 is 24.4. The van der Waals surface area contributed by atoms with Crippen molar-refractivity contribution in [3.05, 3.63) is 52.8 Å². The SMILES string of the molecule is CCOc1ccc([C@H](C)N[C@H](C)C(=O)Nc2ccc(F)cc2Cl)cc1OCC.